The molecule has 0 radical (unpaired) electrons. The molecule has 8 nitrogen and oxygen atoms in total. The summed E-state index contributed by atoms with van der Waals surface area (Å²) in [5.74, 6) is -0.511. The molecule has 1 saturated heterocycles. The van der Waals surface area contributed by atoms with Crippen molar-refractivity contribution >= 4 is 12.0 Å². The third-order valence-electron chi connectivity index (χ3n) is 5.66. The molecule has 2 amide bonds. The summed E-state index contributed by atoms with van der Waals surface area (Å²) in [6.45, 7) is 1.16. The number of hydroxylamine groups is 2. The molecule has 2 aliphatic heterocycles. The first-order valence-electron chi connectivity index (χ1n) is 10.1. The van der Waals surface area contributed by atoms with Crippen LogP contribution in [-0.4, -0.2) is 45.4 Å². The number of carbonyl (C=O) groups is 2. The van der Waals surface area contributed by atoms with Crippen LogP contribution in [0.1, 0.15) is 34.5 Å². The quantitative estimate of drug-likeness (QED) is 0.575. The fourth-order valence-corrected chi connectivity index (χ4v) is 4.17. The average molecular weight is 418 g/mol. The van der Waals surface area contributed by atoms with E-state index in [9.17, 15) is 9.59 Å². The number of benzene rings is 2. The average Bonchev–Trinajstić information content (AvgIpc) is 3.34. The number of hydrogen-bond acceptors (Lipinski definition) is 5. The largest absolute Gasteiger partial charge is 0.467 e. The van der Waals surface area contributed by atoms with Crippen molar-refractivity contribution < 1.29 is 19.2 Å². The highest BCUT2D eigenvalue weighted by Gasteiger charge is 2.53. The molecule has 2 atom stereocenters. The molecule has 8 heteroatoms. The lowest BCUT2D eigenvalue weighted by Gasteiger charge is -2.27. The molecule has 0 aliphatic carbocycles. The van der Waals surface area contributed by atoms with Gasteiger partial charge in [-0.15, -0.1) is 0 Å². The number of hydrogen-bond donors (Lipinski definition) is 0. The van der Waals surface area contributed by atoms with Crippen LogP contribution < -0.4 is 0 Å². The van der Waals surface area contributed by atoms with Crippen molar-refractivity contribution in [2.75, 3.05) is 13.7 Å². The molecular weight excluding hydrogens is 396 g/mol. The normalized spacial score (nSPS) is 19.5. The van der Waals surface area contributed by atoms with E-state index in [2.05, 4.69) is 5.10 Å². The summed E-state index contributed by atoms with van der Waals surface area (Å²) in [7, 11) is 1.32. The summed E-state index contributed by atoms with van der Waals surface area (Å²) in [6, 6.07) is 18.0. The van der Waals surface area contributed by atoms with E-state index in [0.717, 1.165) is 16.7 Å². The zero-order chi connectivity index (χ0) is 21.4. The maximum absolute atomic E-state index is 13.1. The van der Waals surface area contributed by atoms with Gasteiger partial charge in [0, 0.05) is 11.8 Å². The Bertz CT molecular complexity index is 1100. The number of ether oxygens (including phenoxy) is 1. The first-order chi connectivity index (χ1) is 15.2. The maximum atomic E-state index is 13.1. The van der Waals surface area contributed by atoms with Crippen LogP contribution in [0.25, 0.3) is 0 Å². The van der Waals surface area contributed by atoms with Gasteiger partial charge >= 0.3 is 12.0 Å². The first-order valence-corrected chi connectivity index (χ1v) is 10.1. The van der Waals surface area contributed by atoms with E-state index >= 15 is 0 Å². The van der Waals surface area contributed by atoms with Gasteiger partial charge < -0.3 is 9.64 Å². The van der Waals surface area contributed by atoms with Gasteiger partial charge in [-0.3, -0.25) is 9.52 Å². The molecule has 3 aromatic rings. The molecule has 2 unspecified atom stereocenters. The SMILES string of the molecule is COC(=O)C1c2nn(Cc3ccccc3)cc2C2CN1C(=O)N2OCc1ccccc1. The molecule has 1 aromatic heterocycles. The number of methoxy groups -OCH3 is 1. The van der Waals surface area contributed by atoms with Crippen LogP contribution in [0.3, 0.4) is 0 Å². The van der Waals surface area contributed by atoms with Crippen molar-refractivity contribution in [2.24, 2.45) is 0 Å². The maximum Gasteiger partial charge on any atom is 0.345 e. The number of fused-ring (bicyclic) bond motifs is 4. The number of amides is 2. The lowest BCUT2D eigenvalue weighted by Crippen LogP contribution is -2.39. The van der Waals surface area contributed by atoms with Crippen molar-refractivity contribution in [1.82, 2.24) is 19.7 Å². The van der Waals surface area contributed by atoms with Crippen LogP contribution in [0.4, 0.5) is 4.79 Å². The van der Waals surface area contributed by atoms with E-state index in [1.165, 1.54) is 17.1 Å². The molecule has 2 bridgehead atoms. The van der Waals surface area contributed by atoms with Gasteiger partial charge in [-0.25, -0.2) is 9.59 Å². The van der Waals surface area contributed by atoms with Gasteiger partial charge in [0.15, 0.2) is 6.04 Å². The molecule has 0 N–H and O–H groups in total. The zero-order valence-electron chi connectivity index (χ0n) is 17.0. The standard InChI is InChI=1S/C23H22N4O4/c1-30-22(28)21-20-18(13-25(24-20)12-16-8-4-2-5-9-16)19-14-26(21)23(29)27(19)31-15-17-10-6-3-7-11-17/h2-11,13,19,21H,12,14-15H2,1H3. The Hall–Kier alpha value is -3.65. The lowest BCUT2D eigenvalue weighted by atomic mass is 9.98. The minimum Gasteiger partial charge on any atom is -0.467 e. The predicted octanol–water partition coefficient (Wildman–Crippen LogP) is 3.07. The van der Waals surface area contributed by atoms with Crippen LogP contribution >= 0.6 is 0 Å². The van der Waals surface area contributed by atoms with Gasteiger partial charge in [0.05, 0.1) is 20.2 Å². The van der Waals surface area contributed by atoms with Gasteiger partial charge in [-0.1, -0.05) is 60.7 Å². The van der Waals surface area contributed by atoms with Gasteiger partial charge in [0.2, 0.25) is 0 Å². The van der Waals surface area contributed by atoms with Gasteiger partial charge in [0.1, 0.15) is 18.3 Å². The molecule has 0 saturated carbocycles. The second-order valence-electron chi connectivity index (χ2n) is 7.61. The zero-order valence-corrected chi connectivity index (χ0v) is 17.0. The molecular formula is C23H22N4O4. The highest BCUT2D eigenvalue weighted by Crippen LogP contribution is 2.44. The Morgan fingerprint density at radius 2 is 1.74 bits per heavy atom. The smallest absolute Gasteiger partial charge is 0.345 e. The van der Waals surface area contributed by atoms with Crippen molar-refractivity contribution in [2.45, 2.75) is 25.2 Å². The summed E-state index contributed by atoms with van der Waals surface area (Å²) >= 11 is 0. The molecule has 2 aliphatic rings. The molecule has 0 spiro atoms. The lowest BCUT2D eigenvalue weighted by molar-refractivity contribution is -0.146. The van der Waals surface area contributed by atoms with Crippen LogP contribution in [0.2, 0.25) is 0 Å². The number of carbonyl (C=O) groups excluding carboxylic acids is 2. The van der Waals surface area contributed by atoms with Crippen LogP contribution in [0.15, 0.2) is 66.9 Å². The van der Waals surface area contributed by atoms with E-state index in [0.29, 0.717) is 18.8 Å². The van der Waals surface area contributed by atoms with Crippen molar-refractivity contribution in [3.8, 4) is 0 Å². The monoisotopic (exact) mass is 418 g/mol. The first kappa shape index (κ1) is 19.3. The van der Waals surface area contributed by atoms with Crippen molar-refractivity contribution in [3.05, 3.63) is 89.2 Å². The number of nitrogens with zero attached hydrogens (tertiary/aromatic N) is 4. The van der Waals surface area contributed by atoms with Crippen LogP contribution in [0.5, 0.6) is 0 Å². The second-order valence-corrected chi connectivity index (χ2v) is 7.61. The summed E-state index contributed by atoms with van der Waals surface area (Å²) in [6.07, 6.45) is 1.90. The van der Waals surface area contributed by atoms with Gasteiger partial charge in [-0.2, -0.15) is 10.2 Å². The van der Waals surface area contributed by atoms with Gasteiger partial charge in [-0.05, 0) is 11.1 Å². The summed E-state index contributed by atoms with van der Waals surface area (Å²) in [5.41, 5.74) is 3.40. The molecule has 3 heterocycles. The third-order valence-corrected chi connectivity index (χ3v) is 5.66. The van der Waals surface area contributed by atoms with E-state index in [4.69, 9.17) is 9.57 Å². The second kappa shape index (κ2) is 7.88. The Morgan fingerprint density at radius 1 is 1.06 bits per heavy atom. The Kier molecular flexibility index (Phi) is 4.91. The predicted molar refractivity (Wildman–Crippen MR) is 110 cm³/mol. The Morgan fingerprint density at radius 3 is 2.42 bits per heavy atom. The van der Waals surface area contributed by atoms with E-state index in [1.807, 2.05) is 66.9 Å². The van der Waals surface area contributed by atoms with E-state index < -0.39 is 12.0 Å². The molecule has 31 heavy (non-hydrogen) atoms. The fraction of sp³-hybridized carbons (Fsp3) is 0.261. The minimum absolute atomic E-state index is 0.257. The number of urea groups is 1. The summed E-state index contributed by atoms with van der Waals surface area (Å²) in [4.78, 5) is 33.0. The molecule has 2 aromatic carbocycles. The third kappa shape index (κ3) is 3.44. The van der Waals surface area contributed by atoms with Crippen LogP contribution in [0, 0.1) is 0 Å². The molecule has 158 valence electrons. The number of rotatable bonds is 6. The van der Waals surface area contributed by atoms with Crippen molar-refractivity contribution in [3.63, 3.8) is 0 Å². The Balaban J connectivity index is 1.46. The van der Waals surface area contributed by atoms with Gasteiger partial charge in [0.25, 0.3) is 0 Å². The fourth-order valence-electron chi connectivity index (χ4n) is 4.17. The highest BCUT2D eigenvalue weighted by molar-refractivity contribution is 5.87. The number of esters is 1. The van der Waals surface area contributed by atoms with E-state index in [-0.39, 0.29) is 18.7 Å². The summed E-state index contributed by atoms with van der Waals surface area (Å²) in [5, 5.41) is 6.03. The summed E-state index contributed by atoms with van der Waals surface area (Å²) < 4.78 is 6.80. The minimum atomic E-state index is -0.883. The molecule has 5 rings (SSSR count). The highest BCUT2D eigenvalue weighted by atomic mass is 16.7. The Labute approximate surface area is 179 Å². The van der Waals surface area contributed by atoms with Crippen LogP contribution in [-0.2, 0) is 27.5 Å². The topological polar surface area (TPSA) is 76.9 Å². The molecule has 1 fully saturated rings. The van der Waals surface area contributed by atoms with E-state index in [1.54, 1.807) is 4.68 Å². The van der Waals surface area contributed by atoms with Crippen molar-refractivity contribution in [1.29, 1.82) is 0 Å². The number of aromatic nitrogens is 2.